The van der Waals surface area contributed by atoms with E-state index in [0.717, 1.165) is 12.1 Å². The number of hydrogen-bond acceptors (Lipinski definition) is 1. The van der Waals surface area contributed by atoms with Crippen molar-refractivity contribution in [3.05, 3.63) is 35.9 Å². The lowest BCUT2D eigenvalue weighted by Crippen LogP contribution is -2.05. The number of anilines is 1. The maximum Gasteiger partial charge on any atom is 0.416 e. The Labute approximate surface area is 80.2 Å². The van der Waals surface area contributed by atoms with Gasteiger partial charge in [0.15, 0.2) is 0 Å². The van der Waals surface area contributed by atoms with Crippen molar-refractivity contribution in [2.75, 3.05) is 12.4 Å². The second-order valence-corrected chi connectivity index (χ2v) is 2.75. The Morgan fingerprint density at radius 2 is 2.00 bits per heavy atom. The highest BCUT2D eigenvalue weighted by Crippen LogP contribution is 2.31. The highest BCUT2D eigenvalue weighted by atomic mass is 19.4. The number of hydrogen-bond donors (Lipinski definition) is 1. The van der Waals surface area contributed by atoms with E-state index in [1.807, 2.05) is 0 Å². The van der Waals surface area contributed by atoms with Crippen LogP contribution in [-0.4, -0.2) is 7.05 Å². The quantitative estimate of drug-likeness (QED) is 0.773. The third-order valence-electron chi connectivity index (χ3n) is 1.87. The molecule has 0 atom stereocenters. The molecule has 1 rings (SSSR count). The topological polar surface area (TPSA) is 12.0 Å². The summed E-state index contributed by atoms with van der Waals surface area (Å²) in [5.41, 5.74) is 0.418. The third kappa shape index (κ3) is 2.07. The first kappa shape index (κ1) is 10.6. The molecule has 0 spiro atoms. The summed E-state index contributed by atoms with van der Waals surface area (Å²) in [6.07, 6.45) is -2.91. The SMILES string of the molecule is C=Cc1cc(C(F)(F)F)ccc1NC. The van der Waals surface area contributed by atoms with Crippen LogP contribution in [0.1, 0.15) is 11.1 Å². The molecule has 0 aliphatic heterocycles. The van der Waals surface area contributed by atoms with Gasteiger partial charge in [-0.05, 0) is 23.8 Å². The van der Waals surface area contributed by atoms with Crippen molar-refractivity contribution < 1.29 is 13.2 Å². The molecule has 1 aromatic rings. The molecule has 0 unspecified atom stereocenters. The molecule has 1 N–H and O–H groups in total. The fourth-order valence-corrected chi connectivity index (χ4v) is 1.14. The van der Waals surface area contributed by atoms with Gasteiger partial charge >= 0.3 is 6.18 Å². The highest BCUT2D eigenvalue weighted by Gasteiger charge is 2.30. The Bertz CT molecular complexity index is 342. The van der Waals surface area contributed by atoms with Crippen molar-refractivity contribution in [2.24, 2.45) is 0 Å². The lowest BCUT2D eigenvalue weighted by atomic mass is 10.1. The molecule has 0 aromatic heterocycles. The third-order valence-corrected chi connectivity index (χ3v) is 1.87. The zero-order valence-electron chi connectivity index (χ0n) is 7.65. The first-order valence-electron chi connectivity index (χ1n) is 4.00. The van der Waals surface area contributed by atoms with Crippen LogP contribution in [0.3, 0.4) is 0 Å². The fourth-order valence-electron chi connectivity index (χ4n) is 1.14. The molecule has 14 heavy (non-hydrogen) atoms. The minimum absolute atomic E-state index is 0.447. The lowest BCUT2D eigenvalue weighted by molar-refractivity contribution is -0.137. The van der Waals surface area contributed by atoms with E-state index < -0.39 is 11.7 Å². The van der Waals surface area contributed by atoms with Crippen molar-refractivity contribution in [2.45, 2.75) is 6.18 Å². The molecule has 76 valence electrons. The molecular weight excluding hydrogens is 191 g/mol. The lowest BCUT2D eigenvalue weighted by Gasteiger charge is -2.10. The van der Waals surface area contributed by atoms with Crippen LogP contribution >= 0.6 is 0 Å². The summed E-state index contributed by atoms with van der Waals surface area (Å²) in [4.78, 5) is 0. The molecule has 0 fully saturated rings. The Hall–Kier alpha value is -1.45. The number of benzene rings is 1. The van der Waals surface area contributed by atoms with E-state index in [2.05, 4.69) is 11.9 Å². The Morgan fingerprint density at radius 1 is 1.36 bits per heavy atom. The van der Waals surface area contributed by atoms with Gasteiger partial charge in [-0.2, -0.15) is 13.2 Å². The zero-order valence-corrected chi connectivity index (χ0v) is 7.65. The minimum Gasteiger partial charge on any atom is -0.388 e. The molecular formula is C10H10F3N. The van der Waals surface area contributed by atoms with Crippen molar-refractivity contribution >= 4 is 11.8 Å². The standard InChI is InChI=1S/C10H10F3N/c1-3-7-6-8(10(11,12)13)4-5-9(7)14-2/h3-6,14H,1H2,2H3. The average molecular weight is 201 g/mol. The van der Waals surface area contributed by atoms with Crippen molar-refractivity contribution in [3.63, 3.8) is 0 Å². The van der Waals surface area contributed by atoms with Gasteiger partial charge < -0.3 is 5.32 Å². The summed E-state index contributed by atoms with van der Waals surface area (Å²) in [6, 6.07) is 3.50. The average Bonchev–Trinajstić information content (AvgIpc) is 2.15. The molecule has 0 radical (unpaired) electrons. The maximum absolute atomic E-state index is 12.3. The fraction of sp³-hybridized carbons (Fsp3) is 0.200. The van der Waals surface area contributed by atoms with E-state index in [-0.39, 0.29) is 0 Å². The Morgan fingerprint density at radius 3 is 2.43 bits per heavy atom. The first-order chi connectivity index (χ1) is 6.49. The highest BCUT2D eigenvalue weighted by molar-refractivity contribution is 5.66. The molecule has 0 saturated carbocycles. The zero-order chi connectivity index (χ0) is 10.8. The molecule has 0 bridgehead atoms. The second kappa shape index (κ2) is 3.74. The summed E-state index contributed by atoms with van der Waals surface area (Å²) in [5.74, 6) is 0. The summed E-state index contributed by atoms with van der Waals surface area (Å²) in [5, 5.41) is 2.79. The van der Waals surface area contributed by atoms with Gasteiger partial charge in [-0.3, -0.25) is 0 Å². The second-order valence-electron chi connectivity index (χ2n) is 2.75. The number of rotatable bonds is 2. The van der Waals surface area contributed by atoms with Gasteiger partial charge in [0.05, 0.1) is 5.56 Å². The molecule has 1 nitrogen and oxygen atoms in total. The van der Waals surface area contributed by atoms with Crippen LogP contribution in [0.4, 0.5) is 18.9 Å². The van der Waals surface area contributed by atoms with E-state index in [1.54, 1.807) is 7.05 Å². The Balaban J connectivity index is 3.21. The van der Waals surface area contributed by atoms with Crippen LogP contribution in [0.2, 0.25) is 0 Å². The van der Waals surface area contributed by atoms with Crippen LogP contribution in [-0.2, 0) is 6.18 Å². The summed E-state index contributed by atoms with van der Waals surface area (Å²) >= 11 is 0. The predicted molar refractivity (Wildman–Crippen MR) is 51.1 cm³/mol. The summed E-state index contributed by atoms with van der Waals surface area (Å²) in [7, 11) is 1.65. The van der Waals surface area contributed by atoms with Crippen LogP contribution in [0.15, 0.2) is 24.8 Å². The maximum atomic E-state index is 12.3. The number of nitrogens with one attached hydrogen (secondary N) is 1. The van der Waals surface area contributed by atoms with Gasteiger partial charge in [0.2, 0.25) is 0 Å². The van der Waals surface area contributed by atoms with E-state index in [0.29, 0.717) is 11.3 Å². The molecule has 0 aliphatic rings. The van der Waals surface area contributed by atoms with E-state index in [1.165, 1.54) is 12.1 Å². The summed E-state index contributed by atoms with van der Waals surface area (Å²) in [6.45, 7) is 3.46. The monoisotopic (exact) mass is 201 g/mol. The van der Waals surface area contributed by atoms with Crippen LogP contribution in [0, 0.1) is 0 Å². The van der Waals surface area contributed by atoms with Crippen molar-refractivity contribution in [1.29, 1.82) is 0 Å². The molecule has 4 heteroatoms. The van der Waals surface area contributed by atoms with Gasteiger partial charge in [0, 0.05) is 12.7 Å². The molecule has 0 heterocycles. The van der Waals surface area contributed by atoms with Crippen LogP contribution < -0.4 is 5.32 Å². The van der Waals surface area contributed by atoms with Gasteiger partial charge in [-0.25, -0.2) is 0 Å². The van der Waals surface area contributed by atoms with E-state index >= 15 is 0 Å². The number of halogens is 3. The van der Waals surface area contributed by atoms with Crippen molar-refractivity contribution in [1.82, 2.24) is 0 Å². The van der Waals surface area contributed by atoms with Crippen LogP contribution in [0.25, 0.3) is 6.08 Å². The Kier molecular flexibility index (Phi) is 2.84. The smallest absolute Gasteiger partial charge is 0.388 e. The van der Waals surface area contributed by atoms with E-state index in [4.69, 9.17) is 0 Å². The van der Waals surface area contributed by atoms with Gasteiger partial charge in [0.25, 0.3) is 0 Å². The summed E-state index contributed by atoms with van der Waals surface area (Å²) < 4.78 is 36.9. The molecule has 0 amide bonds. The largest absolute Gasteiger partial charge is 0.416 e. The van der Waals surface area contributed by atoms with Gasteiger partial charge in [-0.1, -0.05) is 12.7 Å². The molecule has 0 saturated heterocycles. The number of alkyl halides is 3. The molecule has 1 aromatic carbocycles. The predicted octanol–water partition coefficient (Wildman–Crippen LogP) is 3.39. The van der Waals surface area contributed by atoms with Gasteiger partial charge in [0.1, 0.15) is 0 Å². The minimum atomic E-state index is -4.30. The van der Waals surface area contributed by atoms with Crippen LogP contribution in [0.5, 0.6) is 0 Å². The first-order valence-corrected chi connectivity index (χ1v) is 4.00. The van der Waals surface area contributed by atoms with E-state index in [9.17, 15) is 13.2 Å². The van der Waals surface area contributed by atoms with Gasteiger partial charge in [-0.15, -0.1) is 0 Å². The molecule has 0 aliphatic carbocycles. The van der Waals surface area contributed by atoms with Crippen molar-refractivity contribution in [3.8, 4) is 0 Å². The normalized spacial score (nSPS) is 11.1.